The highest BCUT2D eigenvalue weighted by atomic mass is 16.2. The van der Waals surface area contributed by atoms with E-state index in [1.165, 1.54) is 17.5 Å². The lowest BCUT2D eigenvalue weighted by molar-refractivity contribution is 0.0721. The number of nitrogens with zero attached hydrogens (tertiary/aromatic N) is 4. The lowest BCUT2D eigenvalue weighted by Crippen LogP contribution is -2.42. The van der Waals surface area contributed by atoms with Crippen molar-refractivity contribution in [3.8, 4) is 6.07 Å². The number of carbonyl (C=O) groups is 1. The van der Waals surface area contributed by atoms with Crippen LogP contribution in [0.3, 0.4) is 0 Å². The van der Waals surface area contributed by atoms with Crippen molar-refractivity contribution >= 4 is 5.91 Å². The number of aryl methyl sites for hydroxylation is 2. The molecule has 0 aliphatic carbocycles. The molecule has 0 spiro atoms. The van der Waals surface area contributed by atoms with Gasteiger partial charge >= 0.3 is 0 Å². The number of amides is 1. The molecule has 1 aliphatic heterocycles. The van der Waals surface area contributed by atoms with E-state index < -0.39 is 0 Å². The standard InChI is InChI=1S/C23H30N4O/c1-18-7-4-5-9-21(18)10-12-27-11-6-8-19(17-27)15-26(3)23(28)22-13-20(14-24)16-25(22)2/h4-5,7,9,13,16,19H,6,8,10-12,15,17H2,1-3H3. The van der Waals surface area contributed by atoms with Crippen LogP contribution < -0.4 is 0 Å². The van der Waals surface area contributed by atoms with Crippen LogP contribution in [0.1, 0.15) is 40.0 Å². The summed E-state index contributed by atoms with van der Waals surface area (Å²) >= 11 is 0. The van der Waals surface area contributed by atoms with Crippen LogP contribution in [0, 0.1) is 24.2 Å². The van der Waals surface area contributed by atoms with Gasteiger partial charge in [0.2, 0.25) is 0 Å². The topological polar surface area (TPSA) is 52.3 Å². The third-order valence-electron chi connectivity index (χ3n) is 5.79. The Morgan fingerprint density at radius 2 is 2.14 bits per heavy atom. The molecule has 0 N–H and O–H groups in total. The first kappa shape index (κ1) is 20.2. The van der Waals surface area contributed by atoms with E-state index in [0.29, 0.717) is 17.2 Å². The van der Waals surface area contributed by atoms with Crippen molar-refractivity contribution in [1.29, 1.82) is 5.26 Å². The Hall–Kier alpha value is -2.58. The molecule has 0 saturated carbocycles. The highest BCUT2D eigenvalue weighted by Crippen LogP contribution is 2.19. The van der Waals surface area contributed by atoms with Crippen LogP contribution in [0.15, 0.2) is 36.5 Å². The number of likely N-dealkylation sites (tertiary alicyclic amines) is 1. The van der Waals surface area contributed by atoms with Crippen molar-refractivity contribution in [2.45, 2.75) is 26.2 Å². The van der Waals surface area contributed by atoms with Crippen molar-refractivity contribution in [2.75, 3.05) is 33.2 Å². The minimum Gasteiger partial charge on any atom is -0.345 e. The van der Waals surface area contributed by atoms with E-state index in [-0.39, 0.29) is 5.91 Å². The van der Waals surface area contributed by atoms with Gasteiger partial charge in [0, 0.05) is 39.9 Å². The molecule has 1 saturated heterocycles. The number of piperidine rings is 1. The van der Waals surface area contributed by atoms with Crippen LogP contribution in [0.2, 0.25) is 0 Å². The van der Waals surface area contributed by atoms with Gasteiger partial charge in [-0.05, 0) is 55.8 Å². The molecule has 2 heterocycles. The van der Waals surface area contributed by atoms with E-state index in [1.54, 1.807) is 16.8 Å². The SMILES string of the molecule is Cc1ccccc1CCN1CCCC(CN(C)C(=O)c2cc(C#N)cn2C)C1. The lowest BCUT2D eigenvalue weighted by atomic mass is 9.96. The lowest BCUT2D eigenvalue weighted by Gasteiger charge is -2.34. The average molecular weight is 379 g/mol. The molecule has 5 heteroatoms. The van der Waals surface area contributed by atoms with Crippen LogP contribution in [0.4, 0.5) is 0 Å². The first-order valence-corrected chi connectivity index (χ1v) is 10.1. The number of rotatable bonds is 6. The normalized spacial score (nSPS) is 17.3. The van der Waals surface area contributed by atoms with Gasteiger partial charge in [-0.3, -0.25) is 4.79 Å². The summed E-state index contributed by atoms with van der Waals surface area (Å²) in [5, 5.41) is 9.04. The average Bonchev–Trinajstić information content (AvgIpc) is 3.08. The Labute approximate surface area is 168 Å². The van der Waals surface area contributed by atoms with Crippen molar-refractivity contribution in [1.82, 2.24) is 14.4 Å². The molecule has 0 radical (unpaired) electrons. The van der Waals surface area contributed by atoms with Crippen molar-refractivity contribution in [3.63, 3.8) is 0 Å². The second-order valence-electron chi connectivity index (χ2n) is 8.01. The third-order valence-corrected chi connectivity index (χ3v) is 5.79. The summed E-state index contributed by atoms with van der Waals surface area (Å²) in [7, 11) is 3.68. The molecule has 1 aromatic heterocycles. The number of benzene rings is 1. The molecule has 1 atom stereocenters. The van der Waals surface area contributed by atoms with Gasteiger partial charge in [0.15, 0.2) is 0 Å². The maximum Gasteiger partial charge on any atom is 0.270 e. The molecule has 1 aromatic carbocycles. The maximum absolute atomic E-state index is 12.8. The number of carbonyl (C=O) groups excluding carboxylic acids is 1. The zero-order valence-corrected chi connectivity index (χ0v) is 17.2. The van der Waals surface area contributed by atoms with E-state index >= 15 is 0 Å². The predicted octanol–water partition coefficient (Wildman–Crippen LogP) is 3.23. The Morgan fingerprint density at radius 1 is 1.36 bits per heavy atom. The van der Waals surface area contributed by atoms with Gasteiger partial charge in [0.1, 0.15) is 11.8 Å². The highest BCUT2D eigenvalue weighted by Gasteiger charge is 2.24. The van der Waals surface area contributed by atoms with Crippen molar-refractivity contribution in [3.05, 3.63) is 58.9 Å². The fraction of sp³-hybridized carbons (Fsp3) is 0.478. The van der Waals surface area contributed by atoms with Crippen LogP contribution in [0.5, 0.6) is 0 Å². The summed E-state index contributed by atoms with van der Waals surface area (Å²) in [6.45, 7) is 6.19. The van der Waals surface area contributed by atoms with E-state index in [9.17, 15) is 4.79 Å². The summed E-state index contributed by atoms with van der Waals surface area (Å²) in [6, 6.07) is 12.4. The van der Waals surface area contributed by atoms with E-state index in [4.69, 9.17) is 5.26 Å². The number of hydrogen-bond donors (Lipinski definition) is 0. The van der Waals surface area contributed by atoms with Gasteiger partial charge in [0.05, 0.1) is 5.56 Å². The fourth-order valence-corrected chi connectivity index (χ4v) is 4.18. The zero-order chi connectivity index (χ0) is 20.1. The molecule has 1 aliphatic rings. The fourth-order valence-electron chi connectivity index (χ4n) is 4.18. The first-order valence-electron chi connectivity index (χ1n) is 10.1. The summed E-state index contributed by atoms with van der Waals surface area (Å²) in [6.07, 6.45) is 5.13. The monoisotopic (exact) mass is 378 g/mol. The van der Waals surface area contributed by atoms with Crippen LogP contribution in [-0.2, 0) is 13.5 Å². The van der Waals surface area contributed by atoms with Crippen LogP contribution in [-0.4, -0.2) is 53.5 Å². The second-order valence-corrected chi connectivity index (χ2v) is 8.01. The van der Waals surface area contributed by atoms with Crippen LogP contribution >= 0.6 is 0 Å². The van der Waals surface area contributed by atoms with E-state index in [2.05, 4.69) is 42.2 Å². The van der Waals surface area contributed by atoms with Gasteiger partial charge in [-0.2, -0.15) is 5.26 Å². The Balaban J connectivity index is 1.54. The Bertz CT molecular complexity index is 864. The van der Waals surface area contributed by atoms with Gasteiger partial charge in [0.25, 0.3) is 5.91 Å². The molecular formula is C23H30N4O. The number of hydrogen-bond acceptors (Lipinski definition) is 3. The van der Waals surface area contributed by atoms with Crippen molar-refractivity contribution < 1.29 is 4.79 Å². The first-order chi connectivity index (χ1) is 13.5. The molecular weight excluding hydrogens is 348 g/mol. The van der Waals surface area contributed by atoms with E-state index in [1.807, 2.05) is 19.0 Å². The minimum absolute atomic E-state index is 0.0129. The zero-order valence-electron chi connectivity index (χ0n) is 17.2. The second kappa shape index (κ2) is 9.07. The molecule has 5 nitrogen and oxygen atoms in total. The van der Waals surface area contributed by atoms with Gasteiger partial charge in [-0.25, -0.2) is 0 Å². The quantitative estimate of drug-likeness (QED) is 0.775. The predicted molar refractivity (Wildman–Crippen MR) is 111 cm³/mol. The molecule has 0 bridgehead atoms. The molecule has 148 valence electrons. The summed E-state index contributed by atoms with van der Waals surface area (Å²) in [4.78, 5) is 17.1. The summed E-state index contributed by atoms with van der Waals surface area (Å²) < 4.78 is 1.74. The molecule has 1 fully saturated rings. The van der Waals surface area contributed by atoms with Gasteiger partial charge in [-0.15, -0.1) is 0 Å². The van der Waals surface area contributed by atoms with E-state index in [0.717, 1.165) is 39.0 Å². The van der Waals surface area contributed by atoms with Gasteiger partial charge < -0.3 is 14.4 Å². The Morgan fingerprint density at radius 3 is 2.86 bits per heavy atom. The van der Waals surface area contributed by atoms with Crippen LogP contribution in [0.25, 0.3) is 0 Å². The molecule has 1 amide bonds. The largest absolute Gasteiger partial charge is 0.345 e. The molecule has 1 unspecified atom stereocenters. The third kappa shape index (κ3) is 4.82. The molecule has 28 heavy (non-hydrogen) atoms. The maximum atomic E-state index is 12.8. The molecule has 2 aromatic rings. The summed E-state index contributed by atoms with van der Waals surface area (Å²) in [5.41, 5.74) is 3.89. The minimum atomic E-state index is -0.0129. The summed E-state index contributed by atoms with van der Waals surface area (Å²) in [5.74, 6) is 0.483. The number of aromatic nitrogens is 1. The van der Waals surface area contributed by atoms with Crippen molar-refractivity contribution in [2.24, 2.45) is 13.0 Å². The smallest absolute Gasteiger partial charge is 0.270 e. The Kier molecular flexibility index (Phi) is 6.53. The highest BCUT2D eigenvalue weighted by molar-refractivity contribution is 5.93. The molecule has 3 rings (SSSR count). The number of nitriles is 1. The van der Waals surface area contributed by atoms with Gasteiger partial charge in [-0.1, -0.05) is 24.3 Å².